The number of nitro groups is 1. The van der Waals surface area contributed by atoms with Crippen LogP contribution in [0.1, 0.15) is 62.1 Å². The Morgan fingerprint density at radius 1 is 1.06 bits per heavy atom. The van der Waals surface area contributed by atoms with Gasteiger partial charge >= 0.3 is 0 Å². The molecule has 4 saturated carbocycles. The maximum absolute atomic E-state index is 14.2. The maximum atomic E-state index is 14.2. The molecule has 4 aliphatic carbocycles. The number of methoxy groups -OCH3 is 1. The molecule has 0 N–H and O–H groups in total. The van der Waals surface area contributed by atoms with Crippen LogP contribution in [0.15, 0.2) is 53.6 Å². The van der Waals surface area contributed by atoms with Gasteiger partial charge in [-0.2, -0.15) is 5.10 Å². The van der Waals surface area contributed by atoms with Crippen LogP contribution in [-0.4, -0.2) is 28.7 Å². The minimum absolute atomic E-state index is 0.0394. The number of hydrogen-bond acceptors (Lipinski definition) is 5. The van der Waals surface area contributed by atoms with E-state index in [0.29, 0.717) is 24.2 Å². The Morgan fingerprint density at radius 3 is 2.29 bits per heavy atom. The molecule has 1 amide bonds. The van der Waals surface area contributed by atoms with E-state index in [0.717, 1.165) is 41.9 Å². The second-order valence-electron chi connectivity index (χ2n) is 10.7. The molecular weight excluding hydrogens is 430 g/mol. The van der Waals surface area contributed by atoms with Crippen molar-refractivity contribution in [3.05, 3.63) is 69.8 Å². The zero-order chi connectivity index (χ0) is 23.4. The molecule has 0 radical (unpaired) electrons. The molecule has 7 rings (SSSR count). The molecule has 1 heterocycles. The minimum atomic E-state index is -0.380. The highest BCUT2D eigenvalue weighted by Gasteiger charge is 2.57. The van der Waals surface area contributed by atoms with Gasteiger partial charge in [0.25, 0.3) is 5.69 Å². The maximum Gasteiger partial charge on any atom is 0.269 e. The number of hydrazone groups is 1. The molecule has 5 aliphatic rings. The molecular formula is C27H29N3O4. The fourth-order valence-corrected chi connectivity index (χ4v) is 7.38. The van der Waals surface area contributed by atoms with Crippen LogP contribution >= 0.6 is 0 Å². The van der Waals surface area contributed by atoms with Gasteiger partial charge in [-0.1, -0.05) is 12.1 Å². The quantitative estimate of drug-likeness (QED) is 0.437. The molecule has 0 saturated heterocycles. The number of nitro benzene ring substituents is 1. The largest absolute Gasteiger partial charge is 0.497 e. The number of amides is 1. The average Bonchev–Trinajstić information content (AvgIpc) is 3.28. The van der Waals surface area contributed by atoms with Gasteiger partial charge in [0.05, 0.1) is 29.2 Å². The molecule has 176 valence electrons. The first kappa shape index (κ1) is 21.3. The van der Waals surface area contributed by atoms with Gasteiger partial charge in [-0.15, -0.1) is 0 Å². The third kappa shape index (κ3) is 3.49. The molecule has 4 bridgehead atoms. The Morgan fingerprint density at radius 2 is 1.71 bits per heavy atom. The van der Waals surface area contributed by atoms with E-state index in [1.165, 1.54) is 25.3 Å². The van der Waals surface area contributed by atoms with E-state index in [2.05, 4.69) is 0 Å². The van der Waals surface area contributed by atoms with Crippen molar-refractivity contribution in [2.75, 3.05) is 7.11 Å². The van der Waals surface area contributed by atoms with Crippen molar-refractivity contribution in [1.82, 2.24) is 5.01 Å². The molecule has 2 aromatic rings. The molecule has 0 aromatic heterocycles. The summed E-state index contributed by atoms with van der Waals surface area (Å²) in [6.07, 6.45) is 7.21. The van der Waals surface area contributed by atoms with Crippen LogP contribution in [0.3, 0.4) is 0 Å². The van der Waals surface area contributed by atoms with Gasteiger partial charge < -0.3 is 4.74 Å². The molecule has 2 aromatic carbocycles. The molecule has 0 spiro atoms. The van der Waals surface area contributed by atoms with Crippen LogP contribution in [0.25, 0.3) is 0 Å². The van der Waals surface area contributed by atoms with Crippen molar-refractivity contribution in [2.45, 2.75) is 51.0 Å². The lowest BCUT2D eigenvalue weighted by Gasteiger charge is -2.56. The van der Waals surface area contributed by atoms with Crippen molar-refractivity contribution >= 4 is 17.3 Å². The summed E-state index contributed by atoms with van der Waals surface area (Å²) >= 11 is 0. The monoisotopic (exact) mass is 459 g/mol. The van der Waals surface area contributed by atoms with Crippen molar-refractivity contribution in [3.8, 4) is 5.75 Å². The summed E-state index contributed by atoms with van der Waals surface area (Å²) in [6, 6.07) is 14.0. The zero-order valence-corrected chi connectivity index (χ0v) is 19.4. The summed E-state index contributed by atoms with van der Waals surface area (Å²) in [5.41, 5.74) is 2.25. The summed E-state index contributed by atoms with van der Waals surface area (Å²) in [5.74, 6) is 2.84. The Bertz CT molecular complexity index is 1140. The van der Waals surface area contributed by atoms with Crippen LogP contribution in [0.2, 0.25) is 0 Å². The van der Waals surface area contributed by atoms with Gasteiger partial charge in [-0.3, -0.25) is 14.9 Å². The number of nitrogens with zero attached hydrogens (tertiary/aromatic N) is 3. The lowest BCUT2D eigenvalue weighted by atomic mass is 9.49. The van der Waals surface area contributed by atoms with Crippen LogP contribution in [0.4, 0.5) is 5.69 Å². The van der Waals surface area contributed by atoms with Crippen molar-refractivity contribution < 1.29 is 14.5 Å². The normalized spacial score (nSPS) is 31.4. The Labute approximate surface area is 198 Å². The lowest BCUT2D eigenvalue weighted by molar-refractivity contribution is -0.385. The lowest BCUT2D eigenvalue weighted by Crippen LogP contribution is -2.53. The Hall–Kier alpha value is -3.22. The smallest absolute Gasteiger partial charge is 0.269 e. The van der Waals surface area contributed by atoms with E-state index in [1.54, 1.807) is 24.3 Å². The first-order valence-corrected chi connectivity index (χ1v) is 12.2. The second-order valence-corrected chi connectivity index (χ2v) is 10.7. The summed E-state index contributed by atoms with van der Waals surface area (Å²) in [6.45, 7) is 0. The summed E-state index contributed by atoms with van der Waals surface area (Å²) in [5, 5.41) is 18.0. The molecule has 7 nitrogen and oxygen atoms in total. The first-order valence-electron chi connectivity index (χ1n) is 12.2. The SMILES string of the molecule is COc1ccc(C2=NN(C(=O)C34CC5CC(CC(C5)C3)C4)[C@H](c3cccc([N+](=O)[O-])c3)C2)cc1. The van der Waals surface area contributed by atoms with Crippen LogP contribution in [-0.2, 0) is 4.79 Å². The number of ether oxygens (including phenoxy) is 1. The van der Waals surface area contributed by atoms with Crippen molar-refractivity contribution in [3.63, 3.8) is 0 Å². The minimum Gasteiger partial charge on any atom is -0.497 e. The summed E-state index contributed by atoms with van der Waals surface area (Å²) in [4.78, 5) is 25.3. The standard InChI is InChI=1S/C27H29N3O4/c1-34-23-7-5-20(6-8-23)24-13-25(21-3-2-4-22(12-21)30(32)33)29(28-24)26(31)27-14-17-9-18(15-27)11-19(10-17)16-27/h2-8,12,17-19,25H,9-11,13-16H2,1H3/t17?,18?,19?,25-,27?/m0/s1. The number of carbonyl (C=O) groups is 1. The van der Waals surface area contributed by atoms with E-state index in [-0.39, 0.29) is 28.0 Å². The summed E-state index contributed by atoms with van der Waals surface area (Å²) in [7, 11) is 1.63. The van der Waals surface area contributed by atoms with E-state index in [1.807, 2.05) is 30.3 Å². The van der Waals surface area contributed by atoms with Gasteiger partial charge in [0, 0.05) is 18.6 Å². The Kier molecular flexibility index (Phi) is 4.97. The third-order valence-corrected chi connectivity index (χ3v) is 8.50. The average molecular weight is 460 g/mol. The number of rotatable bonds is 5. The fourth-order valence-electron chi connectivity index (χ4n) is 7.38. The van der Waals surface area contributed by atoms with Gasteiger partial charge in [0.15, 0.2) is 0 Å². The highest BCUT2D eigenvalue weighted by atomic mass is 16.6. The predicted octanol–water partition coefficient (Wildman–Crippen LogP) is 5.50. The summed E-state index contributed by atoms with van der Waals surface area (Å²) < 4.78 is 5.29. The molecule has 4 fully saturated rings. The third-order valence-electron chi connectivity index (χ3n) is 8.50. The molecule has 34 heavy (non-hydrogen) atoms. The van der Waals surface area contributed by atoms with E-state index in [4.69, 9.17) is 9.84 Å². The predicted molar refractivity (Wildman–Crippen MR) is 127 cm³/mol. The van der Waals surface area contributed by atoms with Gasteiger partial charge in [-0.25, -0.2) is 5.01 Å². The molecule has 1 aliphatic heterocycles. The number of hydrogen-bond donors (Lipinski definition) is 0. The molecule has 7 heteroatoms. The van der Waals surface area contributed by atoms with Gasteiger partial charge in [0.1, 0.15) is 5.75 Å². The Balaban J connectivity index is 1.38. The topological polar surface area (TPSA) is 85.0 Å². The van der Waals surface area contributed by atoms with Crippen LogP contribution in [0.5, 0.6) is 5.75 Å². The number of carbonyl (C=O) groups excluding carboxylic acids is 1. The number of benzene rings is 2. The van der Waals surface area contributed by atoms with E-state index >= 15 is 0 Å². The van der Waals surface area contributed by atoms with E-state index in [9.17, 15) is 14.9 Å². The van der Waals surface area contributed by atoms with Crippen LogP contribution < -0.4 is 4.74 Å². The van der Waals surface area contributed by atoms with E-state index < -0.39 is 0 Å². The highest BCUT2D eigenvalue weighted by molar-refractivity contribution is 6.03. The molecule has 1 atom stereocenters. The number of non-ortho nitro benzene ring substituents is 1. The second kappa shape index (κ2) is 7.93. The van der Waals surface area contributed by atoms with Crippen molar-refractivity contribution in [1.29, 1.82) is 0 Å². The first-order chi connectivity index (χ1) is 16.4. The van der Waals surface area contributed by atoms with Crippen LogP contribution in [0, 0.1) is 33.3 Å². The fraction of sp³-hybridized carbons (Fsp3) is 0.481. The van der Waals surface area contributed by atoms with Gasteiger partial charge in [0.2, 0.25) is 5.91 Å². The van der Waals surface area contributed by atoms with Gasteiger partial charge in [-0.05, 0) is 91.7 Å². The molecule has 0 unspecified atom stereocenters. The zero-order valence-electron chi connectivity index (χ0n) is 19.4. The highest BCUT2D eigenvalue weighted by Crippen LogP contribution is 2.61. The van der Waals surface area contributed by atoms with Crippen molar-refractivity contribution in [2.24, 2.45) is 28.3 Å².